The van der Waals surface area contributed by atoms with Crippen molar-refractivity contribution < 1.29 is 17.9 Å². The van der Waals surface area contributed by atoms with E-state index in [1.807, 2.05) is 0 Å². The Bertz CT molecular complexity index is 346. The van der Waals surface area contributed by atoms with Gasteiger partial charge in [0.15, 0.2) is 0 Å². The minimum Gasteiger partial charge on any atom is -0.492 e. The summed E-state index contributed by atoms with van der Waals surface area (Å²) in [6.07, 6.45) is -4.29. The van der Waals surface area contributed by atoms with Gasteiger partial charge in [-0.05, 0) is 36.7 Å². The van der Waals surface area contributed by atoms with Gasteiger partial charge in [0.2, 0.25) is 0 Å². The van der Waals surface area contributed by atoms with E-state index in [0.29, 0.717) is 24.8 Å². The topological polar surface area (TPSA) is 21.3 Å². The summed E-state index contributed by atoms with van der Waals surface area (Å²) in [5.41, 5.74) is -0.659. The second-order valence-electron chi connectivity index (χ2n) is 4.47. The summed E-state index contributed by atoms with van der Waals surface area (Å²) in [6.45, 7) is 6.22. The maximum absolute atomic E-state index is 12.3. The zero-order chi connectivity index (χ0) is 13.6. The number of hydrogen-bond donors (Lipinski definition) is 1. The third-order valence-electron chi connectivity index (χ3n) is 2.28. The van der Waals surface area contributed by atoms with Crippen LogP contribution in [0.5, 0.6) is 5.75 Å². The van der Waals surface area contributed by atoms with Crippen LogP contribution in [0.3, 0.4) is 0 Å². The van der Waals surface area contributed by atoms with Crippen LogP contribution in [0.4, 0.5) is 13.2 Å². The highest BCUT2D eigenvalue weighted by Crippen LogP contribution is 2.30. The smallest absolute Gasteiger partial charge is 0.416 e. The first-order chi connectivity index (χ1) is 8.39. The molecular formula is C13H18F3NO. The molecule has 0 atom stereocenters. The number of hydrogen-bond acceptors (Lipinski definition) is 2. The van der Waals surface area contributed by atoms with Gasteiger partial charge in [0.05, 0.1) is 5.56 Å². The predicted molar refractivity (Wildman–Crippen MR) is 64.6 cm³/mol. The van der Waals surface area contributed by atoms with Crippen LogP contribution in [0.25, 0.3) is 0 Å². The molecule has 5 heteroatoms. The third kappa shape index (κ3) is 5.40. The normalized spacial score (nSPS) is 11.9. The van der Waals surface area contributed by atoms with Crippen LogP contribution in [-0.4, -0.2) is 19.7 Å². The zero-order valence-corrected chi connectivity index (χ0v) is 10.6. The van der Waals surface area contributed by atoms with E-state index < -0.39 is 11.7 Å². The summed E-state index contributed by atoms with van der Waals surface area (Å²) in [5, 5.41) is 3.19. The molecule has 1 aromatic rings. The number of halogens is 3. The third-order valence-corrected chi connectivity index (χ3v) is 2.28. The fraction of sp³-hybridized carbons (Fsp3) is 0.538. The van der Waals surface area contributed by atoms with Crippen molar-refractivity contribution >= 4 is 0 Å². The summed E-state index contributed by atoms with van der Waals surface area (Å²) in [6, 6.07) is 4.73. The number of alkyl halides is 3. The number of ether oxygens (including phenoxy) is 1. The Morgan fingerprint density at radius 2 is 1.78 bits per heavy atom. The van der Waals surface area contributed by atoms with Gasteiger partial charge < -0.3 is 10.1 Å². The molecule has 0 unspecified atom stereocenters. The van der Waals surface area contributed by atoms with Gasteiger partial charge in [-0.15, -0.1) is 0 Å². The van der Waals surface area contributed by atoms with Crippen molar-refractivity contribution in [3.05, 3.63) is 29.8 Å². The zero-order valence-electron chi connectivity index (χ0n) is 10.6. The van der Waals surface area contributed by atoms with E-state index in [1.165, 1.54) is 12.1 Å². The number of nitrogens with one attached hydrogen (secondary N) is 1. The highest BCUT2D eigenvalue weighted by molar-refractivity contribution is 5.28. The molecule has 0 aliphatic rings. The molecule has 0 radical (unpaired) electrons. The summed E-state index contributed by atoms with van der Waals surface area (Å²) in [4.78, 5) is 0. The fourth-order valence-corrected chi connectivity index (χ4v) is 1.37. The maximum Gasteiger partial charge on any atom is 0.416 e. The minimum absolute atomic E-state index is 0.443. The highest BCUT2D eigenvalue weighted by Gasteiger charge is 2.29. The van der Waals surface area contributed by atoms with Crippen molar-refractivity contribution in [2.24, 2.45) is 5.92 Å². The lowest BCUT2D eigenvalue weighted by Crippen LogP contribution is -2.24. The monoisotopic (exact) mass is 261 g/mol. The molecule has 0 heterocycles. The Labute approximate surface area is 105 Å². The average Bonchev–Trinajstić information content (AvgIpc) is 2.27. The molecule has 0 amide bonds. The number of benzene rings is 1. The fourth-order valence-electron chi connectivity index (χ4n) is 1.37. The van der Waals surface area contributed by atoms with Crippen molar-refractivity contribution in [2.45, 2.75) is 20.0 Å². The largest absolute Gasteiger partial charge is 0.492 e. The van der Waals surface area contributed by atoms with E-state index in [1.54, 1.807) is 0 Å². The molecule has 0 aliphatic carbocycles. The maximum atomic E-state index is 12.3. The van der Waals surface area contributed by atoms with Crippen LogP contribution in [0.15, 0.2) is 24.3 Å². The van der Waals surface area contributed by atoms with Crippen LogP contribution >= 0.6 is 0 Å². The molecule has 0 saturated heterocycles. The van der Waals surface area contributed by atoms with Gasteiger partial charge in [0.25, 0.3) is 0 Å². The van der Waals surface area contributed by atoms with Crippen LogP contribution < -0.4 is 10.1 Å². The lowest BCUT2D eigenvalue weighted by Gasteiger charge is -2.10. The van der Waals surface area contributed by atoms with Gasteiger partial charge in [-0.2, -0.15) is 13.2 Å². The van der Waals surface area contributed by atoms with Crippen molar-refractivity contribution in [1.82, 2.24) is 5.32 Å². The van der Waals surface area contributed by atoms with Gasteiger partial charge in [-0.25, -0.2) is 0 Å². The lowest BCUT2D eigenvalue weighted by atomic mass is 10.2. The predicted octanol–water partition coefficient (Wildman–Crippen LogP) is 3.33. The van der Waals surface area contributed by atoms with Crippen LogP contribution in [0.1, 0.15) is 19.4 Å². The summed E-state index contributed by atoms with van der Waals surface area (Å²) >= 11 is 0. The first-order valence-electron chi connectivity index (χ1n) is 5.90. The molecule has 0 fully saturated rings. The molecule has 0 aliphatic heterocycles. The quantitative estimate of drug-likeness (QED) is 0.793. The molecule has 2 nitrogen and oxygen atoms in total. The van der Waals surface area contributed by atoms with E-state index in [9.17, 15) is 13.2 Å². The van der Waals surface area contributed by atoms with Gasteiger partial charge in [-0.3, -0.25) is 0 Å². The first kappa shape index (κ1) is 14.8. The first-order valence-corrected chi connectivity index (χ1v) is 5.90. The summed E-state index contributed by atoms with van der Waals surface area (Å²) in [5.74, 6) is 1.02. The molecule has 1 aromatic carbocycles. The molecule has 102 valence electrons. The van der Waals surface area contributed by atoms with E-state index in [0.717, 1.165) is 18.7 Å². The second-order valence-corrected chi connectivity index (χ2v) is 4.47. The van der Waals surface area contributed by atoms with E-state index in [-0.39, 0.29) is 0 Å². The minimum atomic E-state index is -4.29. The van der Waals surface area contributed by atoms with Gasteiger partial charge in [0, 0.05) is 6.54 Å². The van der Waals surface area contributed by atoms with Crippen molar-refractivity contribution in [3.63, 3.8) is 0 Å². The molecule has 1 N–H and O–H groups in total. The lowest BCUT2D eigenvalue weighted by molar-refractivity contribution is -0.137. The van der Waals surface area contributed by atoms with Crippen molar-refractivity contribution in [1.29, 1.82) is 0 Å². The Balaban J connectivity index is 2.31. The molecule has 0 aromatic heterocycles. The van der Waals surface area contributed by atoms with Crippen LogP contribution in [0.2, 0.25) is 0 Å². The molecule has 0 bridgehead atoms. The van der Waals surface area contributed by atoms with Gasteiger partial charge >= 0.3 is 6.18 Å². The van der Waals surface area contributed by atoms with Crippen molar-refractivity contribution in [2.75, 3.05) is 19.7 Å². The molecule has 0 spiro atoms. The molecule has 18 heavy (non-hydrogen) atoms. The van der Waals surface area contributed by atoms with Crippen LogP contribution in [0, 0.1) is 5.92 Å². The van der Waals surface area contributed by atoms with E-state index in [4.69, 9.17) is 4.74 Å². The Morgan fingerprint density at radius 1 is 1.17 bits per heavy atom. The molecule has 1 rings (SSSR count). The Hall–Kier alpha value is -1.23. The van der Waals surface area contributed by atoms with Crippen LogP contribution in [-0.2, 0) is 6.18 Å². The standard InChI is InChI=1S/C13H18F3NO/c1-10(2)9-17-7-8-18-12-5-3-11(4-6-12)13(14,15)16/h3-6,10,17H,7-9H2,1-2H3. The van der Waals surface area contributed by atoms with E-state index in [2.05, 4.69) is 19.2 Å². The van der Waals surface area contributed by atoms with Gasteiger partial charge in [0.1, 0.15) is 12.4 Å². The van der Waals surface area contributed by atoms with Gasteiger partial charge in [-0.1, -0.05) is 13.8 Å². The van der Waals surface area contributed by atoms with Crippen molar-refractivity contribution in [3.8, 4) is 5.75 Å². The number of rotatable bonds is 6. The van der Waals surface area contributed by atoms with E-state index >= 15 is 0 Å². The second kappa shape index (κ2) is 6.64. The summed E-state index contributed by atoms with van der Waals surface area (Å²) < 4.78 is 42.2. The molecular weight excluding hydrogens is 243 g/mol. The molecule has 0 saturated carbocycles. The average molecular weight is 261 g/mol. The Kier molecular flexibility index (Phi) is 5.47. The highest BCUT2D eigenvalue weighted by atomic mass is 19.4. The Morgan fingerprint density at radius 3 is 2.28 bits per heavy atom. The summed E-state index contributed by atoms with van der Waals surface area (Å²) in [7, 11) is 0. The SMILES string of the molecule is CC(C)CNCCOc1ccc(C(F)(F)F)cc1.